The highest BCUT2D eigenvalue weighted by Gasteiger charge is 2.23. The summed E-state index contributed by atoms with van der Waals surface area (Å²) < 4.78 is 5.42. The fraction of sp³-hybridized carbons (Fsp3) is 0.308. The Kier molecular flexibility index (Phi) is 2.48. The molecule has 0 amide bonds. The fourth-order valence-electron chi connectivity index (χ4n) is 2.30. The topological polar surface area (TPSA) is 41.3 Å². The maximum Gasteiger partial charge on any atom is 0.218 e. The second-order valence-corrected chi connectivity index (χ2v) is 4.43. The summed E-state index contributed by atoms with van der Waals surface area (Å²) in [7, 11) is 2.05. The van der Waals surface area contributed by atoms with E-state index in [-0.39, 0.29) is 0 Å². The van der Waals surface area contributed by atoms with E-state index in [1.165, 1.54) is 5.56 Å². The van der Waals surface area contributed by atoms with E-state index in [9.17, 15) is 0 Å². The molecule has 0 fully saturated rings. The Balaban J connectivity index is 1.76. The van der Waals surface area contributed by atoms with Gasteiger partial charge in [0.2, 0.25) is 5.88 Å². The van der Waals surface area contributed by atoms with Crippen molar-refractivity contribution in [3.8, 4) is 0 Å². The molecule has 0 aliphatic carbocycles. The third kappa shape index (κ3) is 1.98. The van der Waals surface area contributed by atoms with Crippen LogP contribution in [-0.4, -0.2) is 24.6 Å². The van der Waals surface area contributed by atoms with Gasteiger partial charge in [0.1, 0.15) is 0 Å². The lowest BCUT2D eigenvalue weighted by atomic mass is 10.1. The van der Waals surface area contributed by atoms with E-state index < -0.39 is 0 Å². The van der Waals surface area contributed by atoms with Crippen molar-refractivity contribution in [2.24, 2.45) is 0 Å². The first kappa shape index (κ1) is 10.2. The lowest BCUT2D eigenvalue weighted by Gasteiger charge is -2.31. The van der Waals surface area contributed by atoms with E-state index in [1.54, 1.807) is 12.5 Å². The molecule has 1 atom stereocenters. The van der Waals surface area contributed by atoms with E-state index in [4.69, 9.17) is 4.42 Å². The van der Waals surface area contributed by atoms with Crippen LogP contribution in [-0.2, 0) is 6.42 Å². The summed E-state index contributed by atoms with van der Waals surface area (Å²) in [6.07, 6.45) is 6.42. The molecule has 3 heterocycles. The first-order chi connectivity index (χ1) is 8.33. The van der Waals surface area contributed by atoms with Crippen LogP contribution in [0.15, 0.2) is 41.3 Å². The number of fused-ring (bicyclic) bond motifs is 1. The smallest absolute Gasteiger partial charge is 0.218 e. The number of nitrogens with one attached hydrogen (secondary N) is 1. The Labute approximate surface area is 100 Å². The van der Waals surface area contributed by atoms with Gasteiger partial charge in [0.15, 0.2) is 0 Å². The summed E-state index contributed by atoms with van der Waals surface area (Å²) in [5.41, 5.74) is 2.33. The van der Waals surface area contributed by atoms with Crippen LogP contribution in [0.2, 0.25) is 0 Å². The van der Waals surface area contributed by atoms with E-state index >= 15 is 0 Å². The Bertz CT molecular complexity index is 494. The van der Waals surface area contributed by atoms with Crippen molar-refractivity contribution in [3.05, 3.63) is 42.4 Å². The maximum absolute atomic E-state index is 5.42. The third-order valence-corrected chi connectivity index (χ3v) is 3.05. The van der Waals surface area contributed by atoms with Crippen molar-refractivity contribution in [2.45, 2.75) is 12.5 Å². The van der Waals surface area contributed by atoms with Crippen molar-refractivity contribution in [2.75, 3.05) is 23.8 Å². The first-order valence-corrected chi connectivity index (χ1v) is 5.77. The number of likely N-dealkylation sites (N-methyl/N-ethyl adjacent to an activating group) is 1. The molecule has 88 valence electrons. The van der Waals surface area contributed by atoms with Gasteiger partial charge in [-0.05, 0) is 18.1 Å². The Morgan fingerprint density at radius 2 is 2.47 bits per heavy atom. The first-order valence-electron chi connectivity index (χ1n) is 5.77. The predicted octanol–water partition coefficient (Wildman–Crippen LogP) is 2.15. The maximum atomic E-state index is 5.42. The van der Waals surface area contributed by atoms with E-state index in [1.807, 2.05) is 18.3 Å². The van der Waals surface area contributed by atoms with Gasteiger partial charge < -0.3 is 14.6 Å². The minimum atomic E-state index is 0.397. The second-order valence-electron chi connectivity index (χ2n) is 4.43. The molecule has 3 rings (SSSR count). The summed E-state index contributed by atoms with van der Waals surface area (Å²) in [4.78, 5) is 6.29. The fourth-order valence-corrected chi connectivity index (χ4v) is 2.30. The summed E-state index contributed by atoms with van der Waals surface area (Å²) in [5.74, 6) is 0.924. The molecule has 0 bridgehead atoms. The zero-order valence-electron chi connectivity index (χ0n) is 9.76. The molecule has 1 unspecified atom stereocenters. The second kappa shape index (κ2) is 4.13. The quantitative estimate of drug-likeness (QED) is 0.856. The number of pyridine rings is 1. The normalized spacial score (nSPS) is 18.6. The Hall–Kier alpha value is -1.97. The van der Waals surface area contributed by atoms with Gasteiger partial charge in [-0.25, -0.2) is 0 Å². The van der Waals surface area contributed by atoms with Crippen molar-refractivity contribution in [1.82, 2.24) is 4.98 Å². The zero-order valence-corrected chi connectivity index (χ0v) is 9.76. The highest BCUT2D eigenvalue weighted by atomic mass is 16.3. The highest BCUT2D eigenvalue weighted by molar-refractivity contribution is 5.66. The van der Waals surface area contributed by atoms with Crippen molar-refractivity contribution < 1.29 is 4.42 Å². The van der Waals surface area contributed by atoms with E-state index in [0.29, 0.717) is 6.04 Å². The molecule has 2 aromatic heterocycles. The van der Waals surface area contributed by atoms with Crippen molar-refractivity contribution >= 4 is 11.6 Å². The number of nitrogens with zero attached hydrogens (tertiary/aromatic N) is 2. The van der Waals surface area contributed by atoms with Crippen LogP contribution in [0.1, 0.15) is 5.56 Å². The van der Waals surface area contributed by atoms with Gasteiger partial charge in [-0.2, -0.15) is 0 Å². The van der Waals surface area contributed by atoms with Crippen LogP contribution in [0, 0.1) is 0 Å². The number of rotatable bonds is 2. The molecule has 4 nitrogen and oxygen atoms in total. The lowest BCUT2D eigenvalue weighted by molar-refractivity contribution is 0.536. The zero-order chi connectivity index (χ0) is 11.7. The molecule has 1 N–H and O–H groups in total. The number of aromatic nitrogens is 1. The summed E-state index contributed by atoms with van der Waals surface area (Å²) in [5, 5.41) is 3.49. The molecule has 4 heteroatoms. The van der Waals surface area contributed by atoms with Crippen molar-refractivity contribution in [1.29, 1.82) is 0 Å². The standard InChI is InChI=1S/C13H15N3O/c1-16-9-11(7-10-3-2-5-14-8-10)15-12-4-6-17-13(12)16/h2-6,8,11,15H,7,9H2,1H3. The monoisotopic (exact) mass is 229 g/mol. The van der Waals surface area contributed by atoms with Gasteiger partial charge in [-0.1, -0.05) is 6.07 Å². The average molecular weight is 229 g/mol. The van der Waals surface area contributed by atoms with Gasteiger partial charge >= 0.3 is 0 Å². The van der Waals surface area contributed by atoms with Gasteiger partial charge in [-0.15, -0.1) is 0 Å². The van der Waals surface area contributed by atoms with Crippen LogP contribution >= 0.6 is 0 Å². The van der Waals surface area contributed by atoms with Gasteiger partial charge in [0.05, 0.1) is 12.0 Å². The largest absolute Gasteiger partial charge is 0.447 e. The Morgan fingerprint density at radius 1 is 1.53 bits per heavy atom. The molecule has 0 spiro atoms. The molecule has 2 aromatic rings. The molecule has 0 saturated carbocycles. The predicted molar refractivity (Wildman–Crippen MR) is 67.3 cm³/mol. The Morgan fingerprint density at radius 3 is 3.29 bits per heavy atom. The SMILES string of the molecule is CN1CC(Cc2cccnc2)Nc2ccoc21. The van der Waals surface area contributed by atoms with Crippen LogP contribution in [0.25, 0.3) is 0 Å². The number of anilines is 2. The molecule has 0 saturated heterocycles. The van der Waals surface area contributed by atoms with E-state index in [2.05, 4.69) is 28.3 Å². The van der Waals surface area contributed by atoms with Gasteiger partial charge in [0.25, 0.3) is 0 Å². The number of hydrogen-bond acceptors (Lipinski definition) is 4. The summed E-state index contributed by atoms with van der Waals surface area (Å²) >= 11 is 0. The highest BCUT2D eigenvalue weighted by Crippen LogP contribution is 2.31. The molecular weight excluding hydrogens is 214 g/mol. The van der Waals surface area contributed by atoms with Crippen LogP contribution in [0.5, 0.6) is 0 Å². The molecule has 0 radical (unpaired) electrons. The third-order valence-electron chi connectivity index (χ3n) is 3.05. The van der Waals surface area contributed by atoms with Crippen LogP contribution < -0.4 is 10.2 Å². The summed E-state index contributed by atoms with van der Waals surface area (Å²) in [6, 6.07) is 6.46. The molecule has 1 aliphatic heterocycles. The van der Waals surface area contributed by atoms with Gasteiger partial charge in [-0.3, -0.25) is 4.98 Å². The van der Waals surface area contributed by atoms with Crippen LogP contribution in [0.4, 0.5) is 11.6 Å². The number of furan rings is 1. The van der Waals surface area contributed by atoms with Gasteiger partial charge in [0, 0.05) is 38.1 Å². The molecule has 0 aromatic carbocycles. The molecule has 1 aliphatic rings. The number of hydrogen-bond donors (Lipinski definition) is 1. The summed E-state index contributed by atoms with van der Waals surface area (Å²) in [6.45, 7) is 0.940. The molecular formula is C13H15N3O. The lowest BCUT2D eigenvalue weighted by Crippen LogP contribution is -2.40. The minimum Gasteiger partial charge on any atom is -0.447 e. The van der Waals surface area contributed by atoms with Crippen LogP contribution in [0.3, 0.4) is 0 Å². The molecule has 17 heavy (non-hydrogen) atoms. The minimum absolute atomic E-state index is 0.397. The average Bonchev–Trinajstić information content (AvgIpc) is 2.79. The van der Waals surface area contributed by atoms with E-state index in [0.717, 1.165) is 24.5 Å². The van der Waals surface area contributed by atoms with Crippen molar-refractivity contribution in [3.63, 3.8) is 0 Å².